The molecule has 0 radical (unpaired) electrons. The number of likely N-dealkylation sites (tertiary alicyclic amines) is 1. The number of nitrogens with one attached hydrogen (secondary N) is 1. The van der Waals surface area contributed by atoms with Gasteiger partial charge in [0.2, 0.25) is 5.91 Å². The molecule has 36 heavy (non-hydrogen) atoms. The molecule has 2 aliphatic rings. The minimum Gasteiger partial charge on any atom is -0.395 e. The highest BCUT2D eigenvalue weighted by atomic mass is 32.1. The van der Waals surface area contributed by atoms with Crippen LogP contribution in [-0.4, -0.2) is 63.1 Å². The normalized spacial score (nSPS) is 18.5. The first-order valence-electron chi connectivity index (χ1n) is 12.8. The van der Waals surface area contributed by atoms with Crippen molar-refractivity contribution in [2.24, 2.45) is 5.73 Å². The van der Waals surface area contributed by atoms with Crippen LogP contribution in [0.15, 0.2) is 30.3 Å². The van der Waals surface area contributed by atoms with Crippen molar-refractivity contribution in [1.82, 2.24) is 19.5 Å². The average Bonchev–Trinajstić information content (AvgIpc) is 3.28. The summed E-state index contributed by atoms with van der Waals surface area (Å²) in [5.74, 6) is -1.29. The van der Waals surface area contributed by atoms with Crippen molar-refractivity contribution in [3.05, 3.63) is 46.5 Å². The number of carbonyl (C=O) groups is 3. The molecule has 2 heterocycles. The first kappa shape index (κ1) is 26.1. The van der Waals surface area contributed by atoms with E-state index in [4.69, 9.17) is 11.5 Å². The Labute approximate surface area is 216 Å². The second-order valence-corrected chi connectivity index (χ2v) is 10.6. The third-order valence-electron chi connectivity index (χ3n) is 7.34. The molecule has 1 aromatic heterocycles. The van der Waals surface area contributed by atoms with E-state index in [1.54, 1.807) is 11.8 Å². The lowest BCUT2D eigenvalue weighted by molar-refractivity contribution is -0.127. The van der Waals surface area contributed by atoms with E-state index in [1.165, 1.54) is 12.0 Å². The van der Waals surface area contributed by atoms with Gasteiger partial charge in [0.15, 0.2) is 5.69 Å². The van der Waals surface area contributed by atoms with Gasteiger partial charge in [-0.25, -0.2) is 0 Å². The van der Waals surface area contributed by atoms with Crippen molar-refractivity contribution in [2.75, 3.05) is 18.8 Å². The van der Waals surface area contributed by atoms with Crippen LogP contribution in [0.25, 0.3) is 0 Å². The standard InChI is InChI=1S/C26H36N6O3S/c1-17(25(34)29-19-10-6-3-7-11-19)32(26(35)23-21(27)22(24(28)33)30-36-23)20-12-14-31(15-13-20)16-18-8-4-2-5-9-18/h2,4-5,8-9,17,19-20H,3,6-7,10-16,27H2,1H3,(H2,28,33)(H,29,34)/t17-/m1/s1. The molecular weight excluding hydrogens is 476 g/mol. The number of piperidine rings is 1. The van der Waals surface area contributed by atoms with Gasteiger partial charge in [0, 0.05) is 31.7 Å². The molecule has 1 saturated heterocycles. The molecule has 194 valence electrons. The van der Waals surface area contributed by atoms with E-state index in [2.05, 4.69) is 26.7 Å². The van der Waals surface area contributed by atoms with Crippen LogP contribution in [-0.2, 0) is 11.3 Å². The van der Waals surface area contributed by atoms with Gasteiger partial charge in [-0.3, -0.25) is 19.3 Å². The molecular formula is C26H36N6O3S. The number of carbonyl (C=O) groups excluding carboxylic acids is 3. The fourth-order valence-electron chi connectivity index (χ4n) is 5.30. The maximum atomic E-state index is 13.8. The Morgan fingerprint density at radius 3 is 2.39 bits per heavy atom. The summed E-state index contributed by atoms with van der Waals surface area (Å²) in [6.45, 7) is 4.25. The Bertz CT molecular complexity index is 1060. The van der Waals surface area contributed by atoms with E-state index in [0.29, 0.717) is 0 Å². The van der Waals surface area contributed by atoms with Crippen molar-refractivity contribution in [3.8, 4) is 0 Å². The maximum absolute atomic E-state index is 13.8. The zero-order valence-electron chi connectivity index (χ0n) is 20.8. The lowest BCUT2D eigenvalue weighted by Gasteiger charge is -2.41. The minimum atomic E-state index is -0.772. The van der Waals surface area contributed by atoms with Crippen molar-refractivity contribution < 1.29 is 14.4 Å². The smallest absolute Gasteiger partial charge is 0.270 e. The molecule has 2 fully saturated rings. The summed E-state index contributed by atoms with van der Waals surface area (Å²) in [6.07, 6.45) is 6.81. The van der Waals surface area contributed by atoms with E-state index >= 15 is 0 Å². The van der Waals surface area contributed by atoms with Crippen LogP contribution in [0, 0.1) is 0 Å². The Balaban J connectivity index is 1.51. The molecule has 2 aromatic rings. The van der Waals surface area contributed by atoms with Gasteiger partial charge in [0.05, 0.1) is 5.69 Å². The number of nitrogen functional groups attached to an aromatic ring is 1. The van der Waals surface area contributed by atoms with Gasteiger partial charge in [-0.05, 0) is 49.7 Å². The number of benzene rings is 1. The van der Waals surface area contributed by atoms with E-state index < -0.39 is 11.9 Å². The summed E-state index contributed by atoms with van der Waals surface area (Å²) in [7, 11) is 0. The van der Waals surface area contributed by atoms with Crippen LogP contribution < -0.4 is 16.8 Å². The molecule has 1 aliphatic heterocycles. The highest BCUT2D eigenvalue weighted by Gasteiger charge is 2.37. The van der Waals surface area contributed by atoms with Crippen LogP contribution in [0.5, 0.6) is 0 Å². The summed E-state index contributed by atoms with van der Waals surface area (Å²) in [5.41, 5.74) is 12.6. The number of rotatable bonds is 8. The molecule has 1 atom stereocenters. The van der Waals surface area contributed by atoms with Crippen molar-refractivity contribution >= 4 is 34.9 Å². The van der Waals surface area contributed by atoms with E-state index in [9.17, 15) is 14.4 Å². The minimum absolute atomic E-state index is 0.0103. The third-order valence-corrected chi connectivity index (χ3v) is 8.19. The van der Waals surface area contributed by atoms with Gasteiger partial charge in [-0.15, -0.1) is 0 Å². The number of aromatic nitrogens is 1. The Hall–Kier alpha value is -2.98. The van der Waals surface area contributed by atoms with Crippen LogP contribution in [0.3, 0.4) is 0 Å². The van der Waals surface area contributed by atoms with Crippen LogP contribution >= 0.6 is 11.5 Å². The second-order valence-electron chi connectivity index (χ2n) is 9.86. The predicted molar refractivity (Wildman–Crippen MR) is 140 cm³/mol. The topological polar surface area (TPSA) is 135 Å². The summed E-state index contributed by atoms with van der Waals surface area (Å²) >= 11 is 0.863. The highest BCUT2D eigenvalue weighted by Crippen LogP contribution is 2.28. The highest BCUT2D eigenvalue weighted by molar-refractivity contribution is 7.09. The second kappa shape index (κ2) is 11.8. The summed E-state index contributed by atoms with van der Waals surface area (Å²) in [5, 5.41) is 3.16. The largest absolute Gasteiger partial charge is 0.395 e. The van der Waals surface area contributed by atoms with E-state index in [-0.39, 0.29) is 40.2 Å². The van der Waals surface area contributed by atoms with Gasteiger partial charge in [0.1, 0.15) is 10.9 Å². The molecule has 4 rings (SSSR count). The van der Waals surface area contributed by atoms with Gasteiger partial charge < -0.3 is 21.7 Å². The number of nitrogens with two attached hydrogens (primary N) is 2. The van der Waals surface area contributed by atoms with Gasteiger partial charge >= 0.3 is 0 Å². The Morgan fingerprint density at radius 2 is 1.78 bits per heavy atom. The number of hydrogen-bond acceptors (Lipinski definition) is 7. The Kier molecular flexibility index (Phi) is 8.58. The molecule has 10 heteroatoms. The van der Waals surface area contributed by atoms with E-state index in [1.807, 2.05) is 18.2 Å². The summed E-state index contributed by atoms with van der Waals surface area (Å²) in [6, 6.07) is 9.65. The number of primary amides is 1. The van der Waals surface area contributed by atoms with Crippen LogP contribution in [0.2, 0.25) is 0 Å². The molecule has 1 aliphatic carbocycles. The fraction of sp³-hybridized carbons (Fsp3) is 0.538. The summed E-state index contributed by atoms with van der Waals surface area (Å²) < 4.78 is 4.01. The van der Waals surface area contributed by atoms with Crippen molar-refractivity contribution in [3.63, 3.8) is 0 Å². The molecule has 5 N–H and O–H groups in total. The maximum Gasteiger partial charge on any atom is 0.270 e. The lowest BCUT2D eigenvalue weighted by Crippen LogP contribution is -2.56. The monoisotopic (exact) mass is 512 g/mol. The predicted octanol–water partition coefficient (Wildman–Crippen LogP) is 2.77. The zero-order chi connectivity index (χ0) is 25.7. The van der Waals surface area contributed by atoms with Gasteiger partial charge in [0.25, 0.3) is 11.8 Å². The zero-order valence-corrected chi connectivity index (χ0v) is 21.6. The molecule has 0 unspecified atom stereocenters. The summed E-state index contributed by atoms with van der Waals surface area (Å²) in [4.78, 5) is 42.9. The molecule has 1 aromatic carbocycles. The first-order valence-corrected chi connectivity index (χ1v) is 13.6. The van der Waals surface area contributed by atoms with Gasteiger partial charge in [-0.2, -0.15) is 4.37 Å². The number of hydrogen-bond donors (Lipinski definition) is 3. The van der Waals surface area contributed by atoms with Gasteiger partial charge in [-0.1, -0.05) is 49.6 Å². The SMILES string of the molecule is C[C@H](C(=O)NC1CCCCC1)N(C(=O)c1snc(C(N)=O)c1N)C1CCN(Cc2ccccc2)CC1. The average molecular weight is 513 g/mol. The Morgan fingerprint density at radius 1 is 1.11 bits per heavy atom. The molecule has 3 amide bonds. The van der Waals surface area contributed by atoms with Crippen molar-refractivity contribution in [1.29, 1.82) is 0 Å². The first-order chi connectivity index (χ1) is 17.3. The van der Waals surface area contributed by atoms with E-state index in [0.717, 1.165) is 69.7 Å². The molecule has 0 bridgehead atoms. The lowest BCUT2D eigenvalue weighted by atomic mass is 9.95. The van der Waals surface area contributed by atoms with Crippen LogP contribution in [0.4, 0.5) is 5.69 Å². The molecule has 1 saturated carbocycles. The molecule has 9 nitrogen and oxygen atoms in total. The number of nitrogens with zero attached hydrogens (tertiary/aromatic N) is 3. The third kappa shape index (κ3) is 6.04. The number of amides is 3. The molecule has 0 spiro atoms. The fourth-order valence-corrected chi connectivity index (χ4v) is 6.05. The van der Waals surface area contributed by atoms with Crippen molar-refractivity contribution in [2.45, 2.75) is 76.5 Å². The number of anilines is 1. The van der Waals surface area contributed by atoms with Crippen LogP contribution in [0.1, 0.15) is 77.6 Å². The quantitative estimate of drug-likeness (QED) is 0.498.